The molecule has 0 amide bonds. The van der Waals surface area contributed by atoms with Crippen molar-refractivity contribution in [3.63, 3.8) is 0 Å². The number of carbonyl (C=O) groups excluding carboxylic acids is 1. The maximum absolute atomic E-state index is 12.1. The van der Waals surface area contributed by atoms with Gasteiger partial charge in [0.2, 0.25) is 0 Å². The topological polar surface area (TPSA) is 35.5 Å². The molecule has 0 spiro atoms. The average Bonchev–Trinajstić information content (AvgIpc) is 2.70. The summed E-state index contributed by atoms with van der Waals surface area (Å²) in [6.07, 6.45) is 10.2. The van der Waals surface area contributed by atoms with Crippen LogP contribution in [0.2, 0.25) is 0 Å². The lowest BCUT2D eigenvalue weighted by Gasteiger charge is -2.25. The lowest BCUT2D eigenvalue weighted by atomic mass is 9.90. The van der Waals surface area contributed by atoms with Crippen LogP contribution in [-0.2, 0) is 14.3 Å². The molecular formula is C25H32O3. The van der Waals surface area contributed by atoms with E-state index in [2.05, 4.69) is 37.3 Å². The number of hydrogen-bond acceptors (Lipinski definition) is 3. The first kappa shape index (κ1) is 20.4. The first-order chi connectivity index (χ1) is 13.7. The number of esters is 1. The number of hydrogen-bond donors (Lipinski definition) is 0. The lowest BCUT2D eigenvalue weighted by Crippen LogP contribution is -2.14. The molecule has 0 aliphatic heterocycles. The van der Waals surface area contributed by atoms with E-state index < -0.39 is 0 Å². The minimum absolute atomic E-state index is 0.157. The Morgan fingerprint density at radius 3 is 2.46 bits per heavy atom. The molecule has 3 rings (SSSR count). The molecule has 1 aliphatic carbocycles. The maximum Gasteiger partial charge on any atom is 0.306 e. The summed E-state index contributed by atoms with van der Waals surface area (Å²) in [6, 6.07) is 12.4. The van der Waals surface area contributed by atoms with Gasteiger partial charge in [0.25, 0.3) is 0 Å². The Bertz CT molecular complexity index is 816. The third-order valence-electron chi connectivity index (χ3n) is 5.28. The highest BCUT2D eigenvalue weighted by Crippen LogP contribution is 2.39. The van der Waals surface area contributed by atoms with Gasteiger partial charge in [-0.2, -0.15) is 0 Å². The van der Waals surface area contributed by atoms with Crippen molar-refractivity contribution in [3.05, 3.63) is 53.6 Å². The first-order valence-corrected chi connectivity index (χ1v) is 10.8. The quantitative estimate of drug-likeness (QED) is 0.312. The van der Waals surface area contributed by atoms with E-state index in [9.17, 15) is 4.79 Å². The van der Waals surface area contributed by atoms with Crippen molar-refractivity contribution in [2.75, 3.05) is 6.61 Å². The molecule has 0 bridgehead atoms. The van der Waals surface area contributed by atoms with Gasteiger partial charge in [0, 0.05) is 23.6 Å². The molecule has 150 valence electrons. The number of unbranched alkanes of at least 4 members (excludes halogenated alkanes) is 5. The van der Waals surface area contributed by atoms with Gasteiger partial charge in [-0.05, 0) is 23.6 Å². The Kier molecular flexibility index (Phi) is 7.53. The van der Waals surface area contributed by atoms with Crippen LogP contribution >= 0.6 is 0 Å². The molecule has 0 aromatic heterocycles. The monoisotopic (exact) mass is 380 g/mol. The van der Waals surface area contributed by atoms with Crippen LogP contribution in [0.1, 0.15) is 82.4 Å². The average molecular weight is 381 g/mol. The highest BCUT2D eigenvalue weighted by molar-refractivity contribution is 5.97. The molecule has 2 aromatic rings. The molecule has 0 radical (unpaired) electrons. The van der Waals surface area contributed by atoms with Gasteiger partial charge in [-0.3, -0.25) is 4.79 Å². The second kappa shape index (κ2) is 10.3. The van der Waals surface area contributed by atoms with Gasteiger partial charge in [0.1, 0.15) is 11.9 Å². The molecule has 28 heavy (non-hydrogen) atoms. The molecule has 0 saturated carbocycles. The van der Waals surface area contributed by atoms with Crippen LogP contribution in [-0.4, -0.2) is 12.6 Å². The number of ether oxygens (including phenoxy) is 2. The molecule has 0 heterocycles. The SMILES string of the molecule is CCCCCCCCOC1=CC(OC(=O)CCC)c2cccc3cccc1c23. The predicted molar refractivity (Wildman–Crippen MR) is 115 cm³/mol. The van der Waals surface area contributed by atoms with Crippen molar-refractivity contribution in [3.8, 4) is 0 Å². The van der Waals surface area contributed by atoms with E-state index in [4.69, 9.17) is 9.47 Å². The smallest absolute Gasteiger partial charge is 0.306 e. The zero-order chi connectivity index (χ0) is 19.8. The van der Waals surface area contributed by atoms with Gasteiger partial charge in [-0.1, -0.05) is 82.3 Å². The third-order valence-corrected chi connectivity index (χ3v) is 5.28. The van der Waals surface area contributed by atoms with E-state index in [1.54, 1.807) is 0 Å². The Morgan fingerprint density at radius 2 is 1.68 bits per heavy atom. The summed E-state index contributed by atoms with van der Waals surface area (Å²) in [5.74, 6) is 0.683. The molecule has 0 fully saturated rings. The van der Waals surface area contributed by atoms with Crippen molar-refractivity contribution >= 4 is 22.5 Å². The van der Waals surface area contributed by atoms with Crippen molar-refractivity contribution < 1.29 is 14.3 Å². The van der Waals surface area contributed by atoms with E-state index in [1.807, 2.05) is 19.1 Å². The molecule has 1 aliphatic rings. The first-order valence-electron chi connectivity index (χ1n) is 10.8. The fourth-order valence-electron chi connectivity index (χ4n) is 3.82. The fourth-order valence-corrected chi connectivity index (χ4v) is 3.82. The van der Waals surface area contributed by atoms with E-state index in [0.717, 1.165) is 40.5 Å². The molecule has 1 atom stereocenters. The van der Waals surface area contributed by atoms with E-state index in [1.165, 1.54) is 32.1 Å². The minimum atomic E-state index is -0.378. The summed E-state index contributed by atoms with van der Waals surface area (Å²) in [5, 5.41) is 2.29. The van der Waals surface area contributed by atoms with Crippen molar-refractivity contribution in [2.45, 2.75) is 71.3 Å². The Balaban J connectivity index is 1.75. The molecule has 2 aromatic carbocycles. The molecule has 0 N–H and O–H groups in total. The standard InChI is InChI=1S/C25H32O3/c1-3-5-6-7-8-9-17-27-22-18-23(28-24(26)12-4-2)21-16-11-14-19-13-10-15-20(22)25(19)21/h10-11,13-16,18,23H,3-9,12,17H2,1-2H3. The van der Waals surface area contributed by atoms with Crippen molar-refractivity contribution in [1.29, 1.82) is 0 Å². The van der Waals surface area contributed by atoms with Gasteiger partial charge in [-0.15, -0.1) is 0 Å². The molecule has 0 saturated heterocycles. The van der Waals surface area contributed by atoms with Gasteiger partial charge in [0.15, 0.2) is 0 Å². The largest absolute Gasteiger partial charge is 0.493 e. The van der Waals surface area contributed by atoms with Crippen LogP contribution in [0.15, 0.2) is 42.5 Å². The summed E-state index contributed by atoms with van der Waals surface area (Å²) in [4.78, 5) is 12.1. The van der Waals surface area contributed by atoms with Gasteiger partial charge in [-0.25, -0.2) is 0 Å². The summed E-state index contributed by atoms with van der Waals surface area (Å²) < 4.78 is 12.0. The normalized spacial score (nSPS) is 15.4. The zero-order valence-corrected chi connectivity index (χ0v) is 17.2. The van der Waals surface area contributed by atoms with E-state index in [0.29, 0.717) is 13.0 Å². The number of carbonyl (C=O) groups is 1. The Hall–Kier alpha value is -2.29. The highest BCUT2D eigenvalue weighted by Gasteiger charge is 2.25. The second-order valence-electron chi connectivity index (χ2n) is 7.56. The zero-order valence-electron chi connectivity index (χ0n) is 17.2. The number of rotatable bonds is 11. The van der Waals surface area contributed by atoms with E-state index in [-0.39, 0.29) is 12.1 Å². The summed E-state index contributed by atoms with van der Waals surface area (Å²) >= 11 is 0. The minimum Gasteiger partial charge on any atom is -0.493 e. The van der Waals surface area contributed by atoms with E-state index >= 15 is 0 Å². The van der Waals surface area contributed by atoms with Crippen LogP contribution in [0.4, 0.5) is 0 Å². The van der Waals surface area contributed by atoms with Gasteiger partial charge < -0.3 is 9.47 Å². The molecule has 3 heteroatoms. The Labute approximate surface area is 168 Å². The van der Waals surface area contributed by atoms with Crippen LogP contribution < -0.4 is 0 Å². The fraction of sp³-hybridized carbons (Fsp3) is 0.480. The van der Waals surface area contributed by atoms with Crippen LogP contribution in [0.25, 0.3) is 16.5 Å². The van der Waals surface area contributed by atoms with Crippen LogP contribution in [0, 0.1) is 0 Å². The van der Waals surface area contributed by atoms with Crippen molar-refractivity contribution in [1.82, 2.24) is 0 Å². The maximum atomic E-state index is 12.1. The molecular weight excluding hydrogens is 348 g/mol. The lowest BCUT2D eigenvalue weighted by molar-refractivity contribution is -0.147. The van der Waals surface area contributed by atoms with Gasteiger partial charge >= 0.3 is 5.97 Å². The van der Waals surface area contributed by atoms with Crippen molar-refractivity contribution in [2.24, 2.45) is 0 Å². The third kappa shape index (κ3) is 4.95. The summed E-state index contributed by atoms with van der Waals surface area (Å²) in [6.45, 7) is 4.93. The number of benzene rings is 2. The predicted octanol–water partition coefficient (Wildman–Crippen LogP) is 6.96. The molecule has 3 nitrogen and oxygen atoms in total. The summed E-state index contributed by atoms with van der Waals surface area (Å²) in [5.41, 5.74) is 2.14. The second-order valence-corrected chi connectivity index (χ2v) is 7.56. The Morgan fingerprint density at radius 1 is 0.929 bits per heavy atom. The summed E-state index contributed by atoms with van der Waals surface area (Å²) in [7, 11) is 0. The molecule has 1 unspecified atom stereocenters. The van der Waals surface area contributed by atoms with Gasteiger partial charge in [0.05, 0.1) is 6.61 Å². The highest BCUT2D eigenvalue weighted by atomic mass is 16.5. The van der Waals surface area contributed by atoms with Crippen LogP contribution in [0.3, 0.4) is 0 Å². The van der Waals surface area contributed by atoms with Crippen LogP contribution in [0.5, 0.6) is 0 Å².